The summed E-state index contributed by atoms with van der Waals surface area (Å²) in [5.41, 5.74) is -1.08. The third kappa shape index (κ3) is 2.59. The van der Waals surface area contributed by atoms with Crippen LogP contribution in [0.3, 0.4) is 0 Å². The topological polar surface area (TPSA) is 82.9 Å². The smallest absolute Gasteiger partial charge is 0.391 e. The Bertz CT molecular complexity index is 665. The van der Waals surface area contributed by atoms with Gasteiger partial charge >= 0.3 is 6.18 Å². The summed E-state index contributed by atoms with van der Waals surface area (Å²) in [5.74, 6) is -0.624. The number of aromatic amines is 1. The van der Waals surface area contributed by atoms with E-state index < -0.39 is 29.9 Å². The molecule has 22 heavy (non-hydrogen) atoms. The van der Waals surface area contributed by atoms with E-state index in [-0.39, 0.29) is 11.6 Å². The zero-order valence-corrected chi connectivity index (χ0v) is 11.2. The molecule has 1 saturated carbocycles. The Kier molecular flexibility index (Phi) is 3.44. The summed E-state index contributed by atoms with van der Waals surface area (Å²) in [6, 6.07) is 1.64. The van der Waals surface area contributed by atoms with Gasteiger partial charge in [-0.15, -0.1) is 0 Å². The Labute approximate surface area is 122 Å². The minimum Gasteiger partial charge on any atom is -0.391 e. The van der Waals surface area contributed by atoms with Crippen molar-refractivity contribution < 1.29 is 23.1 Å². The van der Waals surface area contributed by atoms with Crippen LogP contribution in [0.2, 0.25) is 0 Å². The lowest BCUT2D eigenvalue weighted by Crippen LogP contribution is -2.56. The Hall–Kier alpha value is -2.29. The average molecular weight is 314 g/mol. The molecular formula is C13H13F3N4O2. The predicted molar refractivity (Wildman–Crippen MR) is 68.9 cm³/mol. The molecule has 3 N–H and O–H groups in total. The number of hydrogen-bond acceptors (Lipinski definition) is 3. The van der Waals surface area contributed by atoms with Crippen molar-refractivity contribution in [3.63, 3.8) is 0 Å². The molecule has 118 valence electrons. The highest BCUT2D eigenvalue weighted by Gasteiger charge is 2.43. The van der Waals surface area contributed by atoms with Gasteiger partial charge in [-0.3, -0.25) is 9.48 Å². The standard InChI is InChI=1S/C13H13F3N4O2/c14-13(15,16)10-4-7(6-17-10)12(22)19-8-5-9(21)11(8)20-3-1-2-18-20/h1-4,6,8-9,11,17,21H,5H2,(H,19,22)/t8-,9+,11+/m0/s1. The van der Waals surface area contributed by atoms with Gasteiger partial charge in [-0.05, 0) is 18.6 Å². The lowest BCUT2D eigenvalue weighted by molar-refractivity contribution is -0.140. The summed E-state index contributed by atoms with van der Waals surface area (Å²) in [6.07, 6.45) is -0.635. The number of carbonyl (C=O) groups excluding carboxylic acids is 1. The predicted octanol–water partition coefficient (Wildman–Crippen LogP) is 1.33. The highest BCUT2D eigenvalue weighted by molar-refractivity contribution is 5.94. The molecule has 2 heterocycles. The van der Waals surface area contributed by atoms with Gasteiger partial charge in [0.2, 0.25) is 0 Å². The summed E-state index contributed by atoms with van der Waals surface area (Å²) >= 11 is 0. The van der Waals surface area contributed by atoms with Gasteiger partial charge in [-0.25, -0.2) is 0 Å². The number of H-pyrrole nitrogens is 1. The maximum absolute atomic E-state index is 12.5. The number of nitrogens with zero attached hydrogens (tertiary/aromatic N) is 2. The molecule has 1 amide bonds. The number of amides is 1. The summed E-state index contributed by atoms with van der Waals surface area (Å²) in [4.78, 5) is 14.0. The maximum Gasteiger partial charge on any atom is 0.431 e. The molecule has 0 saturated heterocycles. The van der Waals surface area contributed by atoms with Gasteiger partial charge in [0, 0.05) is 18.6 Å². The lowest BCUT2D eigenvalue weighted by Gasteiger charge is -2.41. The van der Waals surface area contributed by atoms with Crippen molar-refractivity contribution in [1.29, 1.82) is 0 Å². The first-order valence-corrected chi connectivity index (χ1v) is 6.60. The maximum atomic E-state index is 12.5. The number of rotatable bonds is 3. The number of carbonyl (C=O) groups is 1. The van der Waals surface area contributed by atoms with Crippen LogP contribution in [0.1, 0.15) is 28.5 Å². The zero-order chi connectivity index (χ0) is 15.9. The molecule has 3 atom stereocenters. The van der Waals surface area contributed by atoms with E-state index in [1.807, 2.05) is 4.98 Å². The van der Waals surface area contributed by atoms with Gasteiger partial charge in [-0.1, -0.05) is 0 Å². The van der Waals surface area contributed by atoms with Crippen LogP contribution < -0.4 is 5.32 Å². The molecule has 0 aromatic carbocycles. The summed E-state index contributed by atoms with van der Waals surface area (Å²) in [5, 5.41) is 16.4. The number of aliphatic hydroxyl groups excluding tert-OH is 1. The van der Waals surface area contributed by atoms with Crippen LogP contribution in [-0.2, 0) is 6.18 Å². The molecular weight excluding hydrogens is 301 g/mol. The number of nitrogens with one attached hydrogen (secondary N) is 2. The van der Waals surface area contributed by atoms with Gasteiger partial charge in [0.15, 0.2) is 0 Å². The minimum absolute atomic E-state index is 0.104. The van der Waals surface area contributed by atoms with E-state index in [1.54, 1.807) is 18.5 Å². The molecule has 9 heteroatoms. The highest BCUT2D eigenvalue weighted by atomic mass is 19.4. The van der Waals surface area contributed by atoms with E-state index in [0.717, 1.165) is 12.3 Å². The molecule has 0 radical (unpaired) electrons. The van der Waals surface area contributed by atoms with Crippen LogP contribution in [0, 0.1) is 0 Å². The molecule has 6 nitrogen and oxygen atoms in total. The van der Waals surface area contributed by atoms with E-state index in [0.29, 0.717) is 6.42 Å². The van der Waals surface area contributed by atoms with Crippen LogP contribution in [0.15, 0.2) is 30.7 Å². The average Bonchev–Trinajstić information content (AvgIpc) is 3.07. The molecule has 1 aliphatic rings. The van der Waals surface area contributed by atoms with Crippen molar-refractivity contribution in [2.45, 2.75) is 30.8 Å². The molecule has 2 aromatic rings. The minimum atomic E-state index is -4.53. The van der Waals surface area contributed by atoms with E-state index in [2.05, 4.69) is 10.4 Å². The van der Waals surface area contributed by atoms with Crippen molar-refractivity contribution in [1.82, 2.24) is 20.1 Å². The second-order valence-corrected chi connectivity index (χ2v) is 5.16. The second kappa shape index (κ2) is 5.16. The first-order valence-electron chi connectivity index (χ1n) is 6.60. The van der Waals surface area contributed by atoms with E-state index >= 15 is 0 Å². The fourth-order valence-corrected chi connectivity index (χ4v) is 2.51. The Morgan fingerprint density at radius 2 is 2.27 bits per heavy atom. The molecule has 3 rings (SSSR count). The van der Waals surface area contributed by atoms with E-state index in [4.69, 9.17) is 0 Å². The van der Waals surface area contributed by atoms with Crippen molar-refractivity contribution in [3.05, 3.63) is 42.0 Å². The highest BCUT2D eigenvalue weighted by Crippen LogP contribution is 2.33. The Morgan fingerprint density at radius 3 is 2.82 bits per heavy atom. The second-order valence-electron chi connectivity index (χ2n) is 5.16. The molecule has 0 bridgehead atoms. The van der Waals surface area contributed by atoms with Gasteiger partial charge in [0.05, 0.1) is 23.8 Å². The first-order chi connectivity index (χ1) is 10.4. The fraction of sp³-hybridized carbons (Fsp3) is 0.385. The summed E-state index contributed by atoms with van der Waals surface area (Å²) in [7, 11) is 0. The number of alkyl halides is 3. The third-order valence-corrected chi connectivity index (χ3v) is 3.70. The zero-order valence-electron chi connectivity index (χ0n) is 11.2. The molecule has 1 fully saturated rings. The molecule has 1 aliphatic carbocycles. The normalized spacial score (nSPS) is 24.8. The van der Waals surface area contributed by atoms with Crippen LogP contribution in [0.4, 0.5) is 13.2 Å². The third-order valence-electron chi connectivity index (χ3n) is 3.70. The summed E-state index contributed by atoms with van der Waals surface area (Å²) < 4.78 is 39.0. The molecule has 0 spiro atoms. The van der Waals surface area contributed by atoms with Crippen molar-refractivity contribution >= 4 is 5.91 Å². The van der Waals surface area contributed by atoms with Gasteiger partial charge in [0.25, 0.3) is 5.91 Å². The quantitative estimate of drug-likeness (QED) is 0.799. The molecule has 0 aliphatic heterocycles. The van der Waals surface area contributed by atoms with Gasteiger partial charge in [0.1, 0.15) is 5.69 Å². The van der Waals surface area contributed by atoms with Crippen molar-refractivity contribution in [3.8, 4) is 0 Å². The number of halogens is 3. The lowest BCUT2D eigenvalue weighted by atomic mass is 9.83. The van der Waals surface area contributed by atoms with E-state index in [9.17, 15) is 23.1 Å². The number of hydrogen-bond donors (Lipinski definition) is 3. The molecule has 0 unspecified atom stereocenters. The van der Waals surface area contributed by atoms with Gasteiger partial charge in [-0.2, -0.15) is 18.3 Å². The van der Waals surface area contributed by atoms with Gasteiger partial charge < -0.3 is 15.4 Å². The van der Waals surface area contributed by atoms with Crippen molar-refractivity contribution in [2.75, 3.05) is 0 Å². The summed E-state index contributed by atoms with van der Waals surface area (Å²) in [6.45, 7) is 0. The van der Waals surface area contributed by atoms with Crippen LogP contribution in [-0.4, -0.2) is 37.9 Å². The Balaban J connectivity index is 1.68. The molecule has 2 aromatic heterocycles. The van der Waals surface area contributed by atoms with Crippen molar-refractivity contribution in [2.24, 2.45) is 0 Å². The number of aliphatic hydroxyl groups is 1. The largest absolute Gasteiger partial charge is 0.431 e. The van der Waals surface area contributed by atoms with Crippen LogP contribution in [0.25, 0.3) is 0 Å². The monoisotopic (exact) mass is 314 g/mol. The van der Waals surface area contributed by atoms with E-state index in [1.165, 1.54) is 4.68 Å². The Morgan fingerprint density at radius 1 is 1.50 bits per heavy atom. The van der Waals surface area contributed by atoms with Crippen LogP contribution >= 0.6 is 0 Å². The fourth-order valence-electron chi connectivity index (χ4n) is 2.51. The number of aromatic nitrogens is 3. The van der Waals surface area contributed by atoms with Crippen LogP contribution in [0.5, 0.6) is 0 Å². The SMILES string of the molecule is O=C(N[C@H]1C[C@@H](O)[C@@H]1n1cccn1)c1c[nH]c(C(F)(F)F)c1. The first kappa shape index (κ1) is 14.6.